The van der Waals surface area contributed by atoms with E-state index in [1.54, 1.807) is 12.1 Å². The number of morpholine rings is 1. The van der Waals surface area contributed by atoms with Gasteiger partial charge < -0.3 is 34.9 Å². The number of aromatic amines is 1. The van der Waals surface area contributed by atoms with E-state index in [-0.39, 0.29) is 11.3 Å². The van der Waals surface area contributed by atoms with Gasteiger partial charge in [0.05, 0.1) is 24.8 Å². The van der Waals surface area contributed by atoms with Crippen molar-refractivity contribution in [2.75, 3.05) is 44.3 Å². The molecule has 3 aromatic carbocycles. The average Bonchev–Trinajstić information content (AvgIpc) is 2.93. The topological polar surface area (TPSA) is 107 Å². The van der Waals surface area contributed by atoms with Crippen LogP contribution < -0.4 is 20.5 Å². The Morgan fingerprint density at radius 1 is 0.946 bits per heavy atom. The van der Waals surface area contributed by atoms with Crippen LogP contribution in [0, 0.1) is 0 Å². The number of nitrogens with zero attached hydrogens (tertiary/aromatic N) is 1. The van der Waals surface area contributed by atoms with Crippen LogP contribution in [0.25, 0.3) is 10.9 Å². The predicted molar refractivity (Wildman–Crippen MR) is 144 cm³/mol. The van der Waals surface area contributed by atoms with Crippen molar-refractivity contribution < 1.29 is 19.7 Å². The first-order valence-corrected chi connectivity index (χ1v) is 12.5. The number of phenols is 1. The quantitative estimate of drug-likeness (QED) is 0.259. The highest BCUT2D eigenvalue weighted by Crippen LogP contribution is 2.29. The molecule has 1 aromatic heterocycles. The summed E-state index contributed by atoms with van der Waals surface area (Å²) in [4.78, 5) is 16.5. The van der Waals surface area contributed by atoms with Crippen LogP contribution >= 0.6 is 0 Å². The second-order valence-corrected chi connectivity index (χ2v) is 9.09. The molecule has 0 unspecified atom stereocenters. The van der Waals surface area contributed by atoms with E-state index in [2.05, 4.69) is 27.3 Å². The van der Waals surface area contributed by atoms with Crippen molar-refractivity contribution in [1.29, 1.82) is 0 Å². The Morgan fingerprint density at radius 2 is 1.65 bits per heavy atom. The molecule has 8 heteroatoms. The van der Waals surface area contributed by atoms with Crippen LogP contribution in [-0.2, 0) is 11.2 Å². The smallest absolute Gasteiger partial charge is 0.248 e. The summed E-state index contributed by atoms with van der Waals surface area (Å²) < 4.78 is 11.4. The lowest BCUT2D eigenvalue weighted by molar-refractivity contribution is 0.122. The zero-order chi connectivity index (χ0) is 25.6. The SMILES string of the molecule is O=c1ccc2c([C@@H](O)CNCCc3ccc(Oc4ccc(N5CCOCC5)cc4)cc3)ccc(O)c2[nH]1. The van der Waals surface area contributed by atoms with E-state index < -0.39 is 6.10 Å². The molecule has 37 heavy (non-hydrogen) atoms. The fourth-order valence-electron chi connectivity index (χ4n) is 4.54. The van der Waals surface area contributed by atoms with Crippen LogP contribution in [0.5, 0.6) is 17.2 Å². The zero-order valence-electron chi connectivity index (χ0n) is 20.5. The summed E-state index contributed by atoms with van der Waals surface area (Å²) in [6.07, 6.45) is 0.0182. The largest absolute Gasteiger partial charge is 0.506 e. The molecule has 1 aliphatic rings. The molecule has 4 N–H and O–H groups in total. The molecule has 0 aliphatic carbocycles. The lowest BCUT2D eigenvalue weighted by atomic mass is 10.0. The van der Waals surface area contributed by atoms with Gasteiger partial charge in [-0.3, -0.25) is 4.79 Å². The van der Waals surface area contributed by atoms with Crippen LogP contribution in [0.2, 0.25) is 0 Å². The fourth-order valence-corrected chi connectivity index (χ4v) is 4.54. The van der Waals surface area contributed by atoms with Gasteiger partial charge in [0, 0.05) is 36.8 Å². The van der Waals surface area contributed by atoms with Crippen molar-refractivity contribution in [2.45, 2.75) is 12.5 Å². The molecule has 1 aliphatic heterocycles. The molecule has 0 bridgehead atoms. The third-order valence-electron chi connectivity index (χ3n) is 6.57. The molecule has 0 amide bonds. The molecule has 5 rings (SSSR count). The van der Waals surface area contributed by atoms with E-state index in [0.717, 1.165) is 49.8 Å². The van der Waals surface area contributed by atoms with Gasteiger partial charge in [-0.2, -0.15) is 0 Å². The fraction of sp³-hybridized carbons (Fsp3) is 0.276. The van der Waals surface area contributed by atoms with Gasteiger partial charge in [-0.1, -0.05) is 18.2 Å². The number of benzene rings is 3. The van der Waals surface area contributed by atoms with E-state index >= 15 is 0 Å². The van der Waals surface area contributed by atoms with Gasteiger partial charge in [-0.15, -0.1) is 0 Å². The van der Waals surface area contributed by atoms with Crippen molar-refractivity contribution in [2.24, 2.45) is 0 Å². The number of anilines is 1. The molecule has 0 radical (unpaired) electrons. The summed E-state index contributed by atoms with van der Waals surface area (Å²) in [5, 5.41) is 24.6. The molecular formula is C29H31N3O5. The summed E-state index contributed by atoms with van der Waals surface area (Å²) in [5.41, 5.74) is 3.02. The second kappa shape index (κ2) is 11.5. The monoisotopic (exact) mass is 501 g/mol. The maximum atomic E-state index is 11.6. The second-order valence-electron chi connectivity index (χ2n) is 9.09. The molecule has 192 valence electrons. The van der Waals surface area contributed by atoms with Crippen LogP contribution in [0.4, 0.5) is 5.69 Å². The third kappa shape index (κ3) is 6.11. The highest BCUT2D eigenvalue weighted by Gasteiger charge is 2.14. The van der Waals surface area contributed by atoms with Gasteiger partial charge in [0.25, 0.3) is 0 Å². The van der Waals surface area contributed by atoms with Gasteiger partial charge in [-0.25, -0.2) is 0 Å². The Hall–Kier alpha value is -3.85. The van der Waals surface area contributed by atoms with Crippen molar-refractivity contribution in [3.8, 4) is 17.2 Å². The van der Waals surface area contributed by atoms with E-state index in [4.69, 9.17) is 9.47 Å². The Balaban J connectivity index is 1.10. The zero-order valence-corrected chi connectivity index (χ0v) is 20.5. The van der Waals surface area contributed by atoms with E-state index in [0.29, 0.717) is 29.6 Å². The number of nitrogens with one attached hydrogen (secondary N) is 2. The molecule has 0 spiro atoms. The lowest BCUT2D eigenvalue weighted by Crippen LogP contribution is -2.36. The Labute approximate surface area is 215 Å². The molecule has 4 aromatic rings. The molecule has 0 saturated carbocycles. The molecule has 1 saturated heterocycles. The van der Waals surface area contributed by atoms with E-state index in [9.17, 15) is 15.0 Å². The first-order chi connectivity index (χ1) is 18.1. The first-order valence-electron chi connectivity index (χ1n) is 12.5. The number of aromatic nitrogens is 1. The summed E-state index contributed by atoms with van der Waals surface area (Å²) in [7, 11) is 0. The van der Waals surface area contributed by atoms with Crippen LogP contribution in [0.3, 0.4) is 0 Å². The number of pyridine rings is 1. The third-order valence-corrected chi connectivity index (χ3v) is 6.57. The lowest BCUT2D eigenvalue weighted by Gasteiger charge is -2.28. The summed E-state index contributed by atoms with van der Waals surface area (Å²) in [5.74, 6) is 1.56. The van der Waals surface area contributed by atoms with Crippen molar-refractivity contribution in [3.05, 3.63) is 94.3 Å². The number of hydrogen-bond acceptors (Lipinski definition) is 7. The number of aromatic hydroxyl groups is 1. The van der Waals surface area contributed by atoms with Crippen molar-refractivity contribution >= 4 is 16.6 Å². The van der Waals surface area contributed by atoms with Crippen LogP contribution in [0.15, 0.2) is 77.6 Å². The maximum absolute atomic E-state index is 11.6. The summed E-state index contributed by atoms with van der Waals surface area (Å²) in [6, 6.07) is 22.3. The number of aliphatic hydroxyl groups is 1. The number of rotatable bonds is 9. The number of ether oxygens (including phenoxy) is 2. The highest BCUT2D eigenvalue weighted by atomic mass is 16.5. The summed E-state index contributed by atoms with van der Waals surface area (Å²) >= 11 is 0. The number of phenolic OH excluding ortho intramolecular Hbond substituents is 1. The Kier molecular flexibility index (Phi) is 7.70. The van der Waals surface area contributed by atoms with Gasteiger partial charge in [0.1, 0.15) is 17.2 Å². The first kappa shape index (κ1) is 24.8. The highest BCUT2D eigenvalue weighted by molar-refractivity contribution is 5.87. The Bertz CT molecular complexity index is 1380. The molecular weight excluding hydrogens is 470 g/mol. The minimum Gasteiger partial charge on any atom is -0.506 e. The minimum absolute atomic E-state index is 0.0194. The van der Waals surface area contributed by atoms with Crippen molar-refractivity contribution in [1.82, 2.24) is 10.3 Å². The molecule has 1 atom stereocenters. The number of fused-ring (bicyclic) bond motifs is 1. The van der Waals surface area contributed by atoms with E-state index in [1.807, 2.05) is 36.4 Å². The number of H-pyrrole nitrogens is 1. The van der Waals surface area contributed by atoms with Crippen LogP contribution in [0.1, 0.15) is 17.2 Å². The van der Waals surface area contributed by atoms with Gasteiger partial charge in [0.2, 0.25) is 5.56 Å². The summed E-state index contributed by atoms with van der Waals surface area (Å²) in [6.45, 7) is 4.38. The van der Waals surface area contributed by atoms with Crippen molar-refractivity contribution in [3.63, 3.8) is 0 Å². The standard InChI is InChI=1S/C29H31N3O5/c33-26-11-9-24(25-10-12-28(35)31-29(25)26)27(34)19-30-14-13-20-1-5-22(6-2-20)37-23-7-3-21(4-8-23)32-15-17-36-18-16-32/h1-12,27,30,33-34H,13-19H2,(H,31,35)/t27-/m0/s1. The maximum Gasteiger partial charge on any atom is 0.248 e. The van der Waals surface area contributed by atoms with Gasteiger partial charge >= 0.3 is 0 Å². The van der Waals surface area contributed by atoms with Gasteiger partial charge in [-0.05, 0) is 72.6 Å². The van der Waals surface area contributed by atoms with Crippen LogP contribution in [-0.4, -0.2) is 54.6 Å². The van der Waals surface area contributed by atoms with Gasteiger partial charge in [0.15, 0.2) is 0 Å². The van der Waals surface area contributed by atoms with E-state index in [1.165, 1.54) is 17.8 Å². The Morgan fingerprint density at radius 3 is 2.38 bits per heavy atom. The number of hydrogen-bond donors (Lipinski definition) is 4. The normalized spacial score (nSPS) is 14.6. The molecule has 2 heterocycles. The minimum atomic E-state index is -0.778. The average molecular weight is 502 g/mol. The molecule has 1 fully saturated rings. The predicted octanol–water partition coefficient (Wildman–Crippen LogP) is 3.73. The molecule has 8 nitrogen and oxygen atoms in total. The number of aliphatic hydroxyl groups excluding tert-OH is 1.